The number of nitrogens with zero attached hydrogens (tertiary/aromatic N) is 2. The van der Waals surface area contributed by atoms with Gasteiger partial charge in [0.15, 0.2) is 0 Å². The number of benzene rings is 1. The molecule has 1 amide bonds. The van der Waals surface area contributed by atoms with Gasteiger partial charge in [-0.1, -0.05) is 6.07 Å². The lowest BCUT2D eigenvalue weighted by Gasteiger charge is -2.25. The minimum atomic E-state index is -0.355. The third-order valence-electron chi connectivity index (χ3n) is 4.88. The van der Waals surface area contributed by atoms with Gasteiger partial charge in [-0.25, -0.2) is 0 Å². The number of hydrogen-bond donors (Lipinski definition) is 2. The highest BCUT2D eigenvalue weighted by Crippen LogP contribution is 2.20. The van der Waals surface area contributed by atoms with Gasteiger partial charge in [-0.15, -0.1) is 0 Å². The van der Waals surface area contributed by atoms with Crippen LogP contribution in [0.25, 0.3) is 0 Å². The molecular weight excluding hydrogens is 328 g/mol. The first-order chi connectivity index (χ1) is 12.5. The lowest BCUT2D eigenvalue weighted by molar-refractivity contribution is 0.102. The topological polar surface area (TPSA) is 66.4 Å². The number of amides is 1. The van der Waals surface area contributed by atoms with Crippen LogP contribution in [0.5, 0.6) is 0 Å². The van der Waals surface area contributed by atoms with Gasteiger partial charge in [0.2, 0.25) is 0 Å². The molecule has 1 aliphatic rings. The Morgan fingerprint density at radius 1 is 1.23 bits per heavy atom. The van der Waals surface area contributed by atoms with Gasteiger partial charge in [0.25, 0.3) is 11.5 Å². The van der Waals surface area contributed by atoms with Gasteiger partial charge >= 0.3 is 0 Å². The Balaban J connectivity index is 1.89. The van der Waals surface area contributed by atoms with Crippen LogP contribution in [0.4, 0.5) is 11.4 Å². The van der Waals surface area contributed by atoms with E-state index in [2.05, 4.69) is 10.6 Å². The van der Waals surface area contributed by atoms with E-state index in [1.54, 1.807) is 11.5 Å². The van der Waals surface area contributed by atoms with E-state index in [4.69, 9.17) is 0 Å². The quantitative estimate of drug-likeness (QED) is 0.885. The van der Waals surface area contributed by atoms with Crippen LogP contribution in [0.1, 0.15) is 34.8 Å². The molecule has 2 heterocycles. The van der Waals surface area contributed by atoms with Crippen LogP contribution in [0, 0.1) is 6.92 Å². The summed E-state index contributed by atoms with van der Waals surface area (Å²) in [6.07, 6.45) is 3.61. The van der Waals surface area contributed by atoms with Crippen LogP contribution < -0.4 is 21.1 Å². The average molecular weight is 354 g/mol. The molecule has 0 radical (unpaired) electrons. The monoisotopic (exact) mass is 354 g/mol. The van der Waals surface area contributed by atoms with Gasteiger partial charge in [-0.2, -0.15) is 0 Å². The third kappa shape index (κ3) is 3.80. The van der Waals surface area contributed by atoms with Crippen LogP contribution in [-0.2, 0) is 0 Å². The second-order valence-electron chi connectivity index (χ2n) is 6.97. The molecule has 0 unspecified atom stereocenters. The van der Waals surface area contributed by atoms with Crippen molar-refractivity contribution in [2.45, 2.75) is 25.8 Å². The molecule has 0 bridgehead atoms. The predicted octanol–water partition coefficient (Wildman–Crippen LogP) is 2.40. The van der Waals surface area contributed by atoms with Gasteiger partial charge in [0, 0.05) is 37.7 Å². The number of carbonyl (C=O) groups is 1. The summed E-state index contributed by atoms with van der Waals surface area (Å²) in [5.41, 5.74) is 2.37. The Labute approximate surface area is 153 Å². The highest BCUT2D eigenvalue weighted by Gasteiger charge is 2.21. The molecule has 3 rings (SSSR count). The van der Waals surface area contributed by atoms with E-state index in [9.17, 15) is 9.59 Å². The van der Waals surface area contributed by atoms with Crippen LogP contribution in [0.2, 0.25) is 0 Å². The molecule has 0 spiro atoms. The number of hydrogen-bond acceptors (Lipinski definition) is 4. The normalized spacial score (nSPS) is 14.9. The number of aryl methyl sites for hydroxylation is 1. The van der Waals surface area contributed by atoms with E-state index in [1.165, 1.54) is 0 Å². The van der Waals surface area contributed by atoms with Gasteiger partial charge < -0.3 is 20.1 Å². The summed E-state index contributed by atoms with van der Waals surface area (Å²) >= 11 is 0. The molecule has 0 atom stereocenters. The number of anilines is 2. The van der Waals surface area contributed by atoms with Gasteiger partial charge in [-0.05, 0) is 62.7 Å². The third-order valence-corrected chi connectivity index (χ3v) is 4.88. The first kappa shape index (κ1) is 18.2. The van der Waals surface area contributed by atoms with Crippen molar-refractivity contribution in [2.75, 3.05) is 37.4 Å². The van der Waals surface area contributed by atoms with Crippen molar-refractivity contribution in [3.8, 4) is 0 Å². The first-order valence-electron chi connectivity index (χ1n) is 8.98. The van der Waals surface area contributed by atoms with Crippen molar-refractivity contribution in [1.82, 2.24) is 9.88 Å². The first-order valence-corrected chi connectivity index (χ1v) is 8.98. The molecule has 138 valence electrons. The fourth-order valence-electron chi connectivity index (χ4n) is 3.34. The molecular formula is C20H26N4O2. The number of rotatable bonds is 4. The van der Waals surface area contributed by atoms with E-state index in [0.717, 1.165) is 31.6 Å². The molecule has 1 aromatic heterocycles. The highest BCUT2D eigenvalue weighted by atomic mass is 16.2. The van der Waals surface area contributed by atoms with Gasteiger partial charge in [0.05, 0.1) is 0 Å². The zero-order valence-corrected chi connectivity index (χ0v) is 15.6. The summed E-state index contributed by atoms with van der Waals surface area (Å²) in [6, 6.07) is 9.57. The number of carbonyl (C=O) groups excluding carboxylic acids is 1. The Bertz CT molecular complexity index is 851. The van der Waals surface area contributed by atoms with Crippen molar-refractivity contribution in [3.63, 3.8) is 0 Å². The molecule has 1 aliphatic heterocycles. The number of nitrogens with one attached hydrogen (secondary N) is 2. The molecule has 2 N–H and O–H groups in total. The van der Waals surface area contributed by atoms with Gasteiger partial charge in [0.1, 0.15) is 5.56 Å². The summed E-state index contributed by atoms with van der Waals surface area (Å²) in [5, 5.41) is 6.18. The van der Waals surface area contributed by atoms with Crippen molar-refractivity contribution < 1.29 is 4.79 Å². The smallest absolute Gasteiger partial charge is 0.263 e. The molecule has 1 aromatic carbocycles. The summed E-state index contributed by atoms with van der Waals surface area (Å²) in [4.78, 5) is 27.8. The molecule has 0 saturated carbocycles. The summed E-state index contributed by atoms with van der Waals surface area (Å²) in [5.74, 6) is -0.355. The Morgan fingerprint density at radius 2 is 1.96 bits per heavy atom. The minimum absolute atomic E-state index is 0.146. The fraction of sp³-hybridized carbons (Fsp3) is 0.400. The SMILES string of the molecule is Cc1ccn(C2CCNCC2)c(=O)c1C(=O)Nc1cccc(N(C)C)c1. The average Bonchev–Trinajstić information content (AvgIpc) is 2.62. The zero-order valence-electron chi connectivity index (χ0n) is 15.6. The second kappa shape index (κ2) is 7.74. The molecule has 6 heteroatoms. The van der Waals surface area contributed by atoms with Crippen molar-refractivity contribution >= 4 is 17.3 Å². The molecule has 26 heavy (non-hydrogen) atoms. The van der Waals surface area contributed by atoms with E-state index >= 15 is 0 Å². The maximum absolute atomic E-state index is 13.0. The predicted molar refractivity (Wildman–Crippen MR) is 105 cm³/mol. The Morgan fingerprint density at radius 3 is 2.65 bits per heavy atom. The van der Waals surface area contributed by atoms with Crippen LogP contribution in [-0.4, -0.2) is 37.7 Å². The number of piperidine rings is 1. The lowest BCUT2D eigenvalue weighted by atomic mass is 10.0. The maximum Gasteiger partial charge on any atom is 0.263 e. The van der Waals surface area contributed by atoms with E-state index in [1.807, 2.05) is 55.5 Å². The van der Waals surface area contributed by atoms with Crippen LogP contribution in [0.15, 0.2) is 41.3 Å². The van der Waals surface area contributed by atoms with Crippen molar-refractivity contribution in [3.05, 3.63) is 58.0 Å². The summed E-state index contributed by atoms with van der Waals surface area (Å²) in [7, 11) is 3.89. The standard InChI is InChI=1S/C20H26N4O2/c1-14-9-12-24(16-7-10-21-11-8-16)20(26)18(14)19(25)22-15-5-4-6-17(13-15)23(2)3/h4-6,9,12-13,16,21H,7-8,10-11H2,1-3H3,(H,22,25). The van der Waals surface area contributed by atoms with E-state index < -0.39 is 0 Å². The van der Waals surface area contributed by atoms with Crippen LogP contribution >= 0.6 is 0 Å². The van der Waals surface area contributed by atoms with Crippen molar-refractivity contribution in [1.29, 1.82) is 0 Å². The summed E-state index contributed by atoms with van der Waals surface area (Å²) in [6.45, 7) is 3.59. The van der Waals surface area contributed by atoms with E-state index in [-0.39, 0.29) is 23.1 Å². The van der Waals surface area contributed by atoms with E-state index in [0.29, 0.717) is 11.3 Å². The van der Waals surface area contributed by atoms with Gasteiger partial charge in [-0.3, -0.25) is 9.59 Å². The molecule has 6 nitrogen and oxygen atoms in total. The Kier molecular flexibility index (Phi) is 5.42. The molecule has 1 fully saturated rings. The molecule has 2 aromatic rings. The molecule has 1 saturated heterocycles. The Hall–Kier alpha value is -2.60. The highest BCUT2D eigenvalue weighted by molar-refractivity contribution is 6.05. The number of aromatic nitrogens is 1. The second-order valence-corrected chi connectivity index (χ2v) is 6.97. The lowest BCUT2D eigenvalue weighted by Crippen LogP contribution is -2.37. The van der Waals surface area contributed by atoms with Crippen LogP contribution in [0.3, 0.4) is 0 Å². The summed E-state index contributed by atoms with van der Waals surface area (Å²) < 4.78 is 1.72. The largest absolute Gasteiger partial charge is 0.378 e. The number of pyridine rings is 1. The zero-order chi connectivity index (χ0) is 18.7. The fourth-order valence-corrected chi connectivity index (χ4v) is 3.34. The maximum atomic E-state index is 13.0. The minimum Gasteiger partial charge on any atom is -0.378 e. The van der Waals surface area contributed by atoms with Crippen molar-refractivity contribution in [2.24, 2.45) is 0 Å². The molecule has 0 aliphatic carbocycles.